The molecule has 1 fully saturated rings. The van der Waals surface area contributed by atoms with Gasteiger partial charge in [0.1, 0.15) is 5.75 Å². The SMILES string of the molecule is [CH2]C1CCN(c2cccc(OC)c2)CC1. The first kappa shape index (κ1) is 10.3. The molecular weight excluding hydrogens is 186 g/mol. The molecule has 1 heterocycles. The van der Waals surface area contributed by atoms with Crippen LogP contribution in [0.4, 0.5) is 5.69 Å². The Morgan fingerprint density at radius 3 is 2.73 bits per heavy atom. The number of benzene rings is 1. The minimum Gasteiger partial charge on any atom is -0.497 e. The first-order chi connectivity index (χ1) is 7.29. The number of hydrogen-bond acceptors (Lipinski definition) is 2. The van der Waals surface area contributed by atoms with E-state index in [-0.39, 0.29) is 0 Å². The quantitative estimate of drug-likeness (QED) is 0.734. The highest BCUT2D eigenvalue weighted by Gasteiger charge is 2.16. The largest absolute Gasteiger partial charge is 0.497 e. The summed E-state index contributed by atoms with van der Waals surface area (Å²) in [5, 5.41) is 0. The Balaban J connectivity index is 2.08. The lowest BCUT2D eigenvalue weighted by molar-refractivity contribution is 0.414. The molecule has 0 N–H and O–H groups in total. The fraction of sp³-hybridized carbons (Fsp3) is 0.462. The Hall–Kier alpha value is -1.18. The van der Waals surface area contributed by atoms with Gasteiger partial charge in [-0.3, -0.25) is 0 Å². The molecule has 0 atom stereocenters. The van der Waals surface area contributed by atoms with E-state index in [1.54, 1.807) is 7.11 Å². The molecule has 2 rings (SSSR count). The van der Waals surface area contributed by atoms with E-state index in [0.29, 0.717) is 5.92 Å². The van der Waals surface area contributed by atoms with Gasteiger partial charge in [0.15, 0.2) is 0 Å². The first-order valence-corrected chi connectivity index (χ1v) is 5.51. The minimum absolute atomic E-state index is 0.631. The zero-order valence-electron chi connectivity index (χ0n) is 9.28. The number of hydrogen-bond donors (Lipinski definition) is 0. The maximum absolute atomic E-state index is 5.23. The van der Waals surface area contributed by atoms with Crippen LogP contribution in [0.15, 0.2) is 24.3 Å². The fourth-order valence-corrected chi connectivity index (χ4v) is 2.00. The third kappa shape index (κ3) is 2.44. The molecular formula is C13H18NO. The highest BCUT2D eigenvalue weighted by molar-refractivity contribution is 5.50. The lowest BCUT2D eigenvalue weighted by Gasteiger charge is -2.32. The third-order valence-electron chi connectivity index (χ3n) is 3.03. The number of anilines is 1. The van der Waals surface area contributed by atoms with Gasteiger partial charge in [-0.15, -0.1) is 0 Å². The monoisotopic (exact) mass is 204 g/mol. The van der Waals surface area contributed by atoms with Crippen molar-refractivity contribution in [1.29, 1.82) is 0 Å². The van der Waals surface area contributed by atoms with Crippen LogP contribution in [-0.4, -0.2) is 20.2 Å². The lowest BCUT2D eigenvalue weighted by Crippen LogP contribution is -2.32. The van der Waals surface area contributed by atoms with Crippen LogP contribution in [0, 0.1) is 12.8 Å². The normalized spacial score (nSPS) is 17.9. The molecule has 1 aliphatic rings. The maximum Gasteiger partial charge on any atom is 0.120 e. The van der Waals surface area contributed by atoms with Gasteiger partial charge >= 0.3 is 0 Å². The van der Waals surface area contributed by atoms with Crippen molar-refractivity contribution >= 4 is 5.69 Å². The van der Waals surface area contributed by atoms with Crippen molar-refractivity contribution in [2.75, 3.05) is 25.1 Å². The molecule has 1 aromatic carbocycles. The van der Waals surface area contributed by atoms with Crippen molar-refractivity contribution < 1.29 is 4.74 Å². The van der Waals surface area contributed by atoms with Crippen LogP contribution < -0.4 is 9.64 Å². The van der Waals surface area contributed by atoms with E-state index in [9.17, 15) is 0 Å². The molecule has 1 aromatic rings. The molecule has 1 saturated heterocycles. The van der Waals surface area contributed by atoms with E-state index in [4.69, 9.17) is 4.74 Å². The van der Waals surface area contributed by atoms with Crippen molar-refractivity contribution in [1.82, 2.24) is 0 Å². The Bertz CT molecular complexity index is 316. The minimum atomic E-state index is 0.631. The summed E-state index contributed by atoms with van der Waals surface area (Å²) < 4.78 is 5.23. The number of piperidine rings is 1. The molecule has 2 heteroatoms. The van der Waals surface area contributed by atoms with Gasteiger partial charge < -0.3 is 9.64 Å². The van der Waals surface area contributed by atoms with Crippen LogP contribution in [0.3, 0.4) is 0 Å². The lowest BCUT2D eigenvalue weighted by atomic mass is 9.99. The van der Waals surface area contributed by atoms with E-state index in [1.165, 1.54) is 18.5 Å². The van der Waals surface area contributed by atoms with Crippen LogP contribution >= 0.6 is 0 Å². The van der Waals surface area contributed by atoms with Crippen LogP contribution in [0.2, 0.25) is 0 Å². The Kier molecular flexibility index (Phi) is 3.14. The van der Waals surface area contributed by atoms with Crippen LogP contribution in [0.25, 0.3) is 0 Å². The van der Waals surface area contributed by atoms with Crippen molar-refractivity contribution in [3.05, 3.63) is 31.2 Å². The second-order valence-corrected chi connectivity index (χ2v) is 4.13. The van der Waals surface area contributed by atoms with E-state index < -0.39 is 0 Å². The van der Waals surface area contributed by atoms with Crippen LogP contribution in [-0.2, 0) is 0 Å². The van der Waals surface area contributed by atoms with Crippen molar-refractivity contribution in [3.8, 4) is 5.75 Å². The summed E-state index contributed by atoms with van der Waals surface area (Å²) >= 11 is 0. The van der Waals surface area contributed by atoms with Gasteiger partial charge in [0.25, 0.3) is 0 Å². The molecule has 0 bridgehead atoms. The summed E-state index contributed by atoms with van der Waals surface area (Å²) in [6, 6.07) is 8.28. The van der Waals surface area contributed by atoms with Crippen molar-refractivity contribution in [3.63, 3.8) is 0 Å². The summed E-state index contributed by atoms with van der Waals surface area (Å²) in [5.41, 5.74) is 1.27. The van der Waals surface area contributed by atoms with Gasteiger partial charge in [-0.25, -0.2) is 0 Å². The van der Waals surface area contributed by atoms with Gasteiger partial charge in [0.2, 0.25) is 0 Å². The van der Waals surface area contributed by atoms with Gasteiger partial charge in [-0.05, 0) is 30.9 Å². The molecule has 0 unspecified atom stereocenters. The summed E-state index contributed by atoms with van der Waals surface area (Å²) in [7, 11) is 1.71. The molecule has 2 nitrogen and oxygen atoms in total. The molecule has 1 aliphatic heterocycles. The Morgan fingerprint density at radius 2 is 2.07 bits per heavy atom. The first-order valence-electron chi connectivity index (χ1n) is 5.51. The summed E-state index contributed by atoms with van der Waals surface area (Å²) in [5.74, 6) is 1.57. The summed E-state index contributed by atoms with van der Waals surface area (Å²) in [4.78, 5) is 2.41. The van der Waals surface area contributed by atoms with Gasteiger partial charge in [0, 0.05) is 24.8 Å². The zero-order chi connectivity index (χ0) is 10.7. The molecule has 0 saturated carbocycles. The smallest absolute Gasteiger partial charge is 0.120 e. The standard InChI is InChI=1S/C13H18NO/c1-11-6-8-14(9-7-11)12-4-3-5-13(10-12)15-2/h3-5,10-11H,1,6-9H2,2H3. The summed E-state index contributed by atoms with van der Waals surface area (Å²) in [6.45, 7) is 6.33. The van der Waals surface area contributed by atoms with E-state index >= 15 is 0 Å². The highest BCUT2D eigenvalue weighted by atomic mass is 16.5. The van der Waals surface area contributed by atoms with Crippen molar-refractivity contribution in [2.24, 2.45) is 5.92 Å². The molecule has 81 valence electrons. The molecule has 0 amide bonds. The second kappa shape index (κ2) is 4.56. The van der Waals surface area contributed by atoms with Gasteiger partial charge in [0.05, 0.1) is 7.11 Å². The Morgan fingerprint density at radius 1 is 1.33 bits per heavy atom. The molecule has 0 spiro atoms. The molecule has 0 aromatic heterocycles. The zero-order valence-corrected chi connectivity index (χ0v) is 9.28. The summed E-state index contributed by atoms with van der Waals surface area (Å²) in [6.07, 6.45) is 2.38. The predicted octanol–water partition coefficient (Wildman–Crippen LogP) is 2.75. The highest BCUT2D eigenvalue weighted by Crippen LogP contribution is 2.25. The van der Waals surface area contributed by atoms with E-state index in [2.05, 4.69) is 24.0 Å². The second-order valence-electron chi connectivity index (χ2n) is 4.13. The van der Waals surface area contributed by atoms with E-state index in [0.717, 1.165) is 18.8 Å². The average Bonchev–Trinajstić information content (AvgIpc) is 2.30. The number of methoxy groups -OCH3 is 1. The molecule has 1 radical (unpaired) electrons. The average molecular weight is 204 g/mol. The topological polar surface area (TPSA) is 12.5 Å². The number of nitrogens with zero attached hydrogens (tertiary/aromatic N) is 1. The van der Waals surface area contributed by atoms with Crippen molar-refractivity contribution in [2.45, 2.75) is 12.8 Å². The molecule has 0 aliphatic carbocycles. The van der Waals surface area contributed by atoms with Gasteiger partial charge in [-0.2, -0.15) is 0 Å². The number of ether oxygens (including phenoxy) is 1. The fourth-order valence-electron chi connectivity index (χ4n) is 2.00. The predicted molar refractivity (Wildman–Crippen MR) is 63.3 cm³/mol. The molecule has 15 heavy (non-hydrogen) atoms. The van der Waals surface area contributed by atoms with Gasteiger partial charge in [-0.1, -0.05) is 13.0 Å². The number of rotatable bonds is 2. The maximum atomic E-state index is 5.23. The van der Waals surface area contributed by atoms with Crippen LogP contribution in [0.1, 0.15) is 12.8 Å². The third-order valence-corrected chi connectivity index (χ3v) is 3.03. The van der Waals surface area contributed by atoms with Crippen LogP contribution in [0.5, 0.6) is 5.75 Å². The van der Waals surface area contributed by atoms with E-state index in [1.807, 2.05) is 12.1 Å². The Labute approximate surface area is 91.9 Å².